The van der Waals surface area contributed by atoms with Gasteiger partial charge in [-0.15, -0.1) is 6.58 Å². The third-order valence-corrected chi connectivity index (χ3v) is 0.352. The number of hydrogen-bond acceptors (Lipinski definition) is 8. The quantitative estimate of drug-likeness (QED) is 0.164. The molecule has 0 saturated carbocycles. The molecule has 7 N–H and O–H groups in total. The first-order valence-electron chi connectivity index (χ1n) is 4.02. The topological polar surface area (TPSA) is 151 Å². The Morgan fingerprint density at radius 3 is 1.05 bits per heavy atom. The molecular weight excluding hydrogens is 283 g/mol. The smallest absolute Gasteiger partial charge is 0.398 e. The van der Waals surface area contributed by atoms with E-state index in [1.54, 1.807) is 0 Å². The van der Waals surface area contributed by atoms with Crippen LogP contribution in [0.15, 0.2) is 12.7 Å². The van der Waals surface area contributed by atoms with Crippen molar-refractivity contribution in [1.29, 1.82) is 0 Å². The van der Waals surface area contributed by atoms with Crippen LogP contribution >= 0.6 is 0 Å². The third-order valence-electron chi connectivity index (χ3n) is 0.352. The molecule has 0 fully saturated rings. The molecule has 0 unspecified atom stereocenters. The van der Waals surface area contributed by atoms with E-state index < -0.39 is 29.6 Å². The molecule has 0 heterocycles. The summed E-state index contributed by atoms with van der Waals surface area (Å²) >= 11 is 0. The Balaban J connectivity index is -0.0000000825. The van der Waals surface area contributed by atoms with Gasteiger partial charge in [-0.3, -0.25) is 17.3 Å². The van der Waals surface area contributed by atoms with Crippen LogP contribution in [0.5, 0.6) is 0 Å². The minimum atomic E-state index is -2.67. The van der Waals surface area contributed by atoms with Gasteiger partial charge >= 0.3 is 29.6 Å². The van der Waals surface area contributed by atoms with Crippen LogP contribution in [0.3, 0.4) is 0 Å². The van der Waals surface area contributed by atoms with Gasteiger partial charge in [-0.2, -0.15) is 0 Å². The van der Waals surface area contributed by atoms with Gasteiger partial charge in [0.1, 0.15) is 0 Å². The van der Waals surface area contributed by atoms with Gasteiger partial charge in [0, 0.05) is 0 Å². The summed E-state index contributed by atoms with van der Waals surface area (Å²) in [5.74, 6) is 0. The van der Waals surface area contributed by atoms with Crippen LogP contribution in [0, 0.1) is 0 Å². The van der Waals surface area contributed by atoms with E-state index in [1.165, 1.54) is 6.08 Å². The molecule has 0 aromatic heterocycles. The van der Waals surface area contributed by atoms with E-state index in [0.717, 1.165) is 0 Å². The molecule has 112 valence electrons. The highest BCUT2D eigenvalue weighted by Crippen LogP contribution is 1.79. The van der Waals surface area contributed by atoms with E-state index in [2.05, 4.69) is 11.2 Å². The highest BCUT2D eigenvalue weighted by Gasteiger charge is 2.07. The van der Waals surface area contributed by atoms with Crippen molar-refractivity contribution in [3.8, 4) is 0 Å². The molecule has 0 aromatic rings. The second-order valence-corrected chi connectivity index (χ2v) is 1.85. The van der Waals surface area contributed by atoms with E-state index >= 15 is 0 Å². The van der Waals surface area contributed by atoms with E-state index in [9.17, 15) is 17.3 Å². The van der Waals surface area contributed by atoms with Crippen molar-refractivity contribution in [3.63, 3.8) is 0 Å². The maximum absolute atomic E-state index is 11.2. The monoisotopic (exact) mass is 296 g/mol. The summed E-state index contributed by atoms with van der Waals surface area (Å²) in [4.78, 5) is 0. The molecule has 0 aliphatic carbocycles. The van der Waals surface area contributed by atoms with Crippen molar-refractivity contribution >= 4 is 29.6 Å². The summed E-state index contributed by atoms with van der Waals surface area (Å²) in [6, 6.07) is 0. The predicted molar refractivity (Wildman–Crippen MR) is 59.1 cm³/mol. The SMILES string of the molecule is C=CCOB(O)F.OB(O)F.OB(O)F.OB(O)F. The molecule has 0 aliphatic rings. The second kappa shape index (κ2) is 22.6. The van der Waals surface area contributed by atoms with Gasteiger partial charge in [0.25, 0.3) is 0 Å². The maximum atomic E-state index is 11.2. The van der Waals surface area contributed by atoms with Crippen LogP contribution in [0.1, 0.15) is 0 Å². The molecule has 0 radical (unpaired) electrons. The first-order chi connectivity index (χ1) is 8.47. The fraction of sp³-hybridized carbons (Fsp3) is 0.333. The molecule has 0 aromatic carbocycles. The molecule has 8 nitrogen and oxygen atoms in total. The molecule has 16 heteroatoms. The summed E-state index contributed by atoms with van der Waals surface area (Å²) in [6.07, 6.45) is 1.35. The van der Waals surface area contributed by atoms with Crippen molar-refractivity contribution in [2.75, 3.05) is 6.61 Å². The Bertz CT molecular complexity index is 142. The average Bonchev–Trinajstić information content (AvgIpc) is 2.11. The van der Waals surface area contributed by atoms with Crippen LogP contribution in [0.25, 0.3) is 0 Å². The highest BCUT2D eigenvalue weighted by molar-refractivity contribution is 6.33. The summed E-state index contributed by atoms with van der Waals surface area (Å²) in [5.41, 5.74) is 0. The minimum absolute atomic E-state index is 0.0394. The zero-order valence-electron chi connectivity index (χ0n) is 9.35. The summed E-state index contributed by atoms with van der Waals surface area (Å²) < 4.78 is 45.5. The van der Waals surface area contributed by atoms with Gasteiger partial charge in [-0.25, -0.2) is 0 Å². The zero-order valence-corrected chi connectivity index (χ0v) is 9.35. The number of hydrogen-bond donors (Lipinski definition) is 7. The number of rotatable bonds is 3. The average molecular weight is 295 g/mol. The van der Waals surface area contributed by atoms with Crippen LogP contribution < -0.4 is 0 Å². The van der Waals surface area contributed by atoms with Crippen LogP contribution in [0.4, 0.5) is 17.3 Å². The van der Waals surface area contributed by atoms with Crippen LogP contribution in [-0.4, -0.2) is 71.4 Å². The van der Waals surface area contributed by atoms with Crippen molar-refractivity contribution in [2.24, 2.45) is 0 Å². The highest BCUT2D eigenvalue weighted by atomic mass is 19.1. The van der Waals surface area contributed by atoms with E-state index in [0.29, 0.717) is 0 Å². The Morgan fingerprint density at radius 2 is 1.00 bits per heavy atom. The largest absolute Gasteiger partial charge is 0.677 e. The van der Waals surface area contributed by atoms with E-state index in [1.807, 2.05) is 0 Å². The molecule has 0 saturated heterocycles. The fourth-order valence-electron chi connectivity index (χ4n) is 0.147. The normalized spacial score (nSPS) is 7.32. The lowest BCUT2D eigenvalue weighted by Crippen LogP contribution is -2.09. The standard InChI is InChI=1S/C3H6BFO2.3BFH2O2/c1-2-3-7-4(5)6;3*2-1(3)4/h2,6H,1,3H2;3*3-4H. The third kappa shape index (κ3) is 357. The first-order valence-corrected chi connectivity index (χ1v) is 4.02. The summed E-state index contributed by atoms with van der Waals surface area (Å²) in [6.45, 7) is 3.27. The summed E-state index contributed by atoms with van der Waals surface area (Å²) in [5, 5.41) is 49.4. The van der Waals surface area contributed by atoms with Crippen LogP contribution in [-0.2, 0) is 4.65 Å². The van der Waals surface area contributed by atoms with Gasteiger partial charge in [0.15, 0.2) is 0 Å². The molecule has 0 atom stereocenters. The minimum Gasteiger partial charge on any atom is -0.398 e. The van der Waals surface area contributed by atoms with E-state index in [-0.39, 0.29) is 6.61 Å². The molecule has 0 rings (SSSR count). The maximum Gasteiger partial charge on any atom is 0.677 e. The molecule has 19 heavy (non-hydrogen) atoms. The van der Waals surface area contributed by atoms with Crippen molar-refractivity contribution in [3.05, 3.63) is 12.7 Å². The van der Waals surface area contributed by atoms with E-state index in [4.69, 9.17) is 35.2 Å². The van der Waals surface area contributed by atoms with Gasteiger partial charge in [0.2, 0.25) is 0 Å². The Labute approximate surface area is 107 Å². The lowest BCUT2D eigenvalue weighted by molar-refractivity contribution is 0.247. The predicted octanol–water partition coefficient (Wildman–Crippen LogP) is -3.09. The Kier molecular flexibility index (Phi) is 31.9. The fourth-order valence-corrected chi connectivity index (χ4v) is 0.147. The number of halogens is 4. The molecule has 0 bridgehead atoms. The lowest BCUT2D eigenvalue weighted by atomic mass is 10.3. The van der Waals surface area contributed by atoms with Gasteiger partial charge in [-0.1, -0.05) is 6.08 Å². The van der Waals surface area contributed by atoms with Gasteiger partial charge < -0.3 is 39.8 Å². The lowest BCUT2D eigenvalue weighted by Gasteiger charge is -1.90. The summed E-state index contributed by atoms with van der Waals surface area (Å²) in [7, 11) is -10.2. The Morgan fingerprint density at radius 1 is 0.789 bits per heavy atom. The first kappa shape index (κ1) is 26.9. The molecular formula is C3H12B4F4O8. The van der Waals surface area contributed by atoms with Gasteiger partial charge in [-0.05, 0) is 0 Å². The molecule has 0 aliphatic heterocycles. The molecule has 0 spiro atoms. The molecule has 0 amide bonds. The van der Waals surface area contributed by atoms with Crippen molar-refractivity contribution in [2.45, 2.75) is 0 Å². The van der Waals surface area contributed by atoms with Crippen LogP contribution in [0.2, 0.25) is 0 Å². The Hall–Kier alpha value is -0.600. The zero-order chi connectivity index (χ0) is 16.4. The van der Waals surface area contributed by atoms with Crippen molar-refractivity contribution < 1.29 is 57.1 Å². The van der Waals surface area contributed by atoms with Crippen molar-refractivity contribution in [1.82, 2.24) is 0 Å². The second-order valence-electron chi connectivity index (χ2n) is 1.85. The van der Waals surface area contributed by atoms with Gasteiger partial charge in [0.05, 0.1) is 6.61 Å².